The van der Waals surface area contributed by atoms with Gasteiger partial charge in [-0.05, 0) is 58.3 Å². The highest BCUT2D eigenvalue weighted by atomic mass is 16.5. The smallest absolute Gasteiger partial charge is 0.170 e. The highest BCUT2D eigenvalue weighted by Gasteiger charge is 2.36. The highest BCUT2D eigenvalue weighted by molar-refractivity contribution is 4.69. The van der Waals surface area contributed by atoms with Gasteiger partial charge in [0.1, 0.15) is 6.54 Å². The van der Waals surface area contributed by atoms with Crippen LogP contribution in [0.1, 0.15) is 45.4 Å². The predicted octanol–water partition coefficient (Wildman–Crippen LogP) is 0.219. The van der Waals surface area contributed by atoms with Crippen LogP contribution in [0.3, 0.4) is 0 Å². The minimum Gasteiger partial charge on any atom is -0.381 e. The SMILES string of the molecule is CCCOCCCCOCCC[N+]1(N)CCN(CCCNCCCN)CC1N. The van der Waals surface area contributed by atoms with E-state index in [1.165, 1.54) is 0 Å². The van der Waals surface area contributed by atoms with E-state index >= 15 is 0 Å². The number of hydrogen-bond acceptors (Lipinski definition) is 7. The summed E-state index contributed by atoms with van der Waals surface area (Å²) in [5, 5.41) is 3.43. The van der Waals surface area contributed by atoms with Crippen molar-refractivity contribution in [2.45, 2.75) is 51.6 Å². The van der Waals surface area contributed by atoms with E-state index in [0.717, 1.165) is 117 Å². The van der Waals surface area contributed by atoms with Gasteiger partial charge >= 0.3 is 0 Å². The van der Waals surface area contributed by atoms with E-state index in [-0.39, 0.29) is 6.17 Å². The van der Waals surface area contributed by atoms with Crippen molar-refractivity contribution in [2.24, 2.45) is 17.3 Å². The van der Waals surface area contributed by atoms with Crippen LogP contribution >= 0.6 is 0 Å². The number of ether oxygens (including phenoxy) is 2. The average Bonchev–Trinajstić information content (AvgIpc) is 2.69. The maximum Gasteiger partial charge on any atom is 0.170 e. The van der Waals surface area contributed by atoms with Gasteiger partial charge in [0.05, 0.1) is 19.7 Å². The number of rotatable bonds is 18. The predicted molar refractivity (Wildman–Crippen MR) is 116 cm³/mol. The maximum atomic E-state index is 6.57. The summed E-state index contributed by atoms with van der Waals surface area (Å²) in [6.45, 7) is 13.0. The molecule has 0 amide bonds. The summed E-state index contributed by atoms with van der Waals surface area (Å²) < 4.78 is 11.7. The Hall–Kier alpha value is -0.320. The van der Waals surface area contributed by atoms with Crippen molar-refractivity contribution in [1.82, 2.24) is 10.2 Å². The van der Waals surface area contributed by atoms with Crippen molar-refractivity contribution in [3.8, 4) is 0 Å². The molecule has 1 aliphatic rings. The Morgan fingerprint density at radius 2 is 1.68 bits per heavy atom. The molecular formula is C20H47N6O2+. The van der Waals surface area contributed by atoms with E-state index in [4.69, 9.17) is 26.8 Å². The molecule has 168 valence electrons. The quantitative estimate of drug-likeness (QED) is 0.147. The van der Waals surface area contributed by atoms with Crippen LogP contribution in [0.5, 0.6) is 0 Å². The molecule has 0 aromatic rings. The number of nitrogens with two attached hydrogens (primary N) is 3. The molecule has 0 radical (unpaired) electrons. The second-order valence-electron chi connectivity index (χ2n) is 7.95. The summed E-state index contributed by atoms with van der Waals surface area (Å²) in [6.07, 6.45) is 6.33. The molecule has 1 heterocycles. The first-order chi connectivity index (χ1) is 13.6. The Bertz CT molecular complexity index is 364. The molecule has 1 aliphatic heterocycles. The average molecular weight is 404 g/mol. The molecule has 1 rings (SSSR count). The van der Waals surface area contributed by atoms with Gasteiger partial charge in [-0.15, -0.1) is 0 Å². The van der Waals surface area contributed by atoms with Crippen molar-refractivity contribution >= 4 is 0 Å². The molecule has 1 fully saturated rings. The Labute approximate surface area is 172 Å². The third-order valence-electron chi connectivity index (χ3n) is 5.36. The van der Waals surface area contributed by atoms with Gasteiger partial charge in [-0.25, -0.2) is 4.59 Å². The van der Waals surface area contributed by atoms with Gasteiger partial charge in [-0.3, -0.25) is 10.6 Å². The molecule has 0 aromatic carbocycles. The highest BCUT2D eigenvalue weighted by Crippen LogP contribution is 2.13. The largest absolute Gasteiger partial charge is 0.381 e. The molecular weight excluding hydrogens is 356 g/mol. The Balaban J connectivity index is 2.03. The normalized spacial score (nSPS) is 23.4. The summed E-state index contributed by atoms with van der Waals surface area (Å²) in [6, 6.07) is 0. The molecule has 0 aliphatic carbocycles. The molecule has 0 aromatic heterocycles. The van der Waals surface area contributed by atoms with Gasteiger partial charge < -0.3 is 20.5 Å². The number of nitrogens with one attached hydrogen (secondary N) is 1. The van der Waals surface area contributed by atoms with Crippen LogP contribution in [0.25, 0.3) is 0 Å². The van der Waals surface area contributed by atoms with Gasteiger partial charge in [0.2, 0.25) is 0 Å². The Morgan fingerprint density at radius 1 is 1.00 bits per heavy atom. The zero-order chi connectivity index (χ0) is 20.5. The summed E-state index contributed by atoms with van der Waals surface area (Å²) in [5.41, 5.74) is 11.9. The molecule has 8 heteroatoms. The number of quaternary nitrogens is 1. The third kappa shape index (κ3) is 11.6. The molecule has 1 saturated heterocycles. The van der Waals surface area contributed by atoms with E-state index in [0.29, 0.717) is 4.59 Å². The molecule has 7 N–H and O–H groups in total. The molecule has 8 nitrogen and oxygen atoms in total. The van der Waals surface area contributed by atoms with Crippen LogP contribution in [0, 0.1) is 0 Å². The topological polar surface area (TPSA) is 112 Å². The molecule has 2 atom stereocenters. The lowest BCUT2D eigenvalue weighted by Crippen LogP contribution is -2.72. The summed E-state index contributed by atoms with van der Waals surface area (Å²) >= 11 is 0. The zero-order valence-corrected chi connectivity index (χ0v) is 18.2. The zero-order valence-electron chi connectivity index (χ0n) is 18.2. The van der Waals surface area contributed by atoms with Gasteiger partial charge in [0, 0.05) is 32.8 Å². The second kappa shape index (κ2) is 16.5. The fourth-order valence-corrected chi connectivity index (χ4v) is 3.49. The first kappa shape index (κ1) is 25.7. The van der Waals surface area contributed by atoms with E-state index in [1.807, 2.05) is 0 Å². The standard InChI is InChI=1S/C20H47N6O2/c1-2-15-27-16-3-4-17-28-18-7-13-26(23)14-12-25(19-20(26)22)11-6-10-24-9-5-8-21/h20,24H,2-19,21-23H2,1H3/q+1. The minimum absolute atomic E-state index is 0.0188. The van der Waals surface area contributed by atoms with Gasteiger partial charge in [-0.2, -0.15) is 5.84 Å². The molecule has 0 spiro atoms. The number of piperazine rings is 1. The molecule has 2 unspecified atom stereocenters. The van der Waals surface area contributed by atoms with Gasteiger partial charge in [0.25, 0.3) is 0 Å². The lowest BCUT2D eigenvalue weighted by atomic mass is 10.2. The van der Waals surface area contributed by atoms with Crippen LogP contribution < -0.4 is 22.6 Å². The van der Waals surface area contributed by atoms with Crippen molar-refractivity contribution in [3.05, 3.63) is 0 Å². The molecule has 28 heavy (non-hydrogen) atoms. The number of nitrogens with zero attached hydrogens (tertiary/aromatic N) is 2. The number of unbranched alkanes of at least 4 members (excludes halogenated alkanes) is 1. The maximum absolute atomic E-state index is 6.57. The van der Waals surface area contributed by atoms with Crippen molar-refractivity contribution in [3.63, 3.8) is 0 Å². The fourth-order valence-electron chi connectivity index (χ4n) is 3.49. The number of hydrogen-bond donors (Lipinski definition) is 4. The van der Waals surface area contributed by atoms with E-state index < -0.39 is 0 Å². The first-order valence-corrected chi connectivity index (χ1v) is 11.3. The summed E-state index contributed by atoms with van der Waals surface area (Å²) in [7, 11) is 0. The second-order valence-corrected chi connectivity index (χ2v) is 7.95. The Morgan fingerprint density at radius 3 is 2.36 bits per heavy atom. The van der Waals surface area contributed by atoms with Crippen LogP contribution in [-0.4, -0.2) is 94.4 Å². The van der Waals surface area contributed by atoms with Crippen molar-refractivity contribution in [1.29, 1.82) is 0 Å². The van der Waals surface area contributed by atoms with Gasteiger partial charge in [0.15, 0.2) is 6.17 Å². The fraction of sp³-hybridized carbons (Fsp3) is 1.00. The Kier molecular flexibility index (Phi) is 15.1. The first-order valence-electron chi connectivity index (χ1n) is 11.3. The molecule has 0 saturated carbocycles. The van der Waals surface area contributed by atoms with E-state index in [1.54, 1.807) is 0 Å². The summed E-state index contributed by atoms with van der Waals surface area (Å²) in [5.74, 6) is 6.57. The van der Waals surface area contributed by atoms with Crippen molar-refractivity contribution in [2.75, 3.05) is 78.8 Å². The van der Waals surface area contributed by atoms with E-state index in [2.05, 4.69) is 17.1 Å². The van der Waals surface area contributed by atoms with Crippen molar-refractivity contribution < 1.29 is 14.1 Å². The van der Waals surface area contributed by atoms with Crippen LogP contribution in [-0.2, 0) is 9.47 Å². The minimum atomic E-state index is -0.0188. The monoisotopic (exact) mass is 403 g/mol. The third-order valence-corrected chi connectivity index (χ3v) is 5.36. The van der Waals surface area contributed by atoms with Crippen LogP contribution in [0.4, 0.5) is 0 Å². The van der Waals surface area contributed by atoms with Crippen LogP contribution in [0.15, 0.2) is 0 Å². The lowest BCUT2D eigenvalue weighted by Gasteiger charge is -2.45. The van der Waals surface area contributed by atoms with Gasteiger partial charge in [-0.1, -0.05) is 6.92 Å². The molecule has 0 bridgehead atoms. The summed E-state index contributed by atoms with van der Waals surface area (Å²) in [4.78, 5) is 2.44. The lowest BCUT2D eigenvalue weighted by molar-refractivity contribution is -0.966. The van der Waals surface area contributed by atoms with Crippen LogP contribution in [0.2, 0.25) is 0 Å². The van der Waals surface area contributed by atoms with E-state index in [9.17, 15) is 0 Å².